The maximum atomic E-state index is 11.3. The number of imidazole rings is 1. The predicted octanol–water partition coefficient (Wildman–Crippen LogP) is 0.450. The van der Waals surface area contributed by atoms with Crippen molar-refractivity contribution in [2.45, 2.75) is 11.6 Å². The fourth-order valence-electron chi connectivity index (χ4n) is 1.55. The molecule has 0 spiro atoms. The van der Waals surface area contributed by atoms with Gasteiger partial charge in [0.05, 0.1) is 24.2 Å². The summed E-state index contributed by atoms with van der Waals surface area (Å²) in [6.07, 6.45) is 2.61. The van der Waals surface area contributed by atoms with Gasteiger partial charge >= 0.3 is 0 Å². The van der Waals surface area contributed by atoms with Crippen LogP contribution in [0.4, 0.5) is 0 Å². The van der Waals surface area contributed by atoms with Crippen molar-refractivity contribution in [3.05, 3.63) is 47.9 Å². The molecule has 2 rings (SSSR count). The summed E-state index contributed by atoms with van der Waals surface area (Å²) in [5.41, 5.74) is 1.41. The maximum absolute atomic E-state index is 11.3. The molecule has 0 bridgehead atoms. The summed E-state index contributed by atoms with van der Waals surface area (Å²) in [5.74, 6) is 0. The number of primary sulfonamides is 1. The first-order valence-corrected chi connectivity index (χ1v) is 6.57. The molecule has 0 aliphatic heterocycles. The van der Waals surface area contributed by atoms with Crippen LogP contribution >= 0.6 is 0 Å². The monoisotopic (exact) mass is 262 g/mol. The summed E-state index contributed by atoms with van der Waals surface area (Å²) in [6, 6.07) is 8.86. The Bertz CT molecular complexity index is 695. The minimum absolute atomic E-state index is 0.0353. The summed E-state index contributed by atoms with van der Waals surface area (Å²) in [5, 5.41) is 13.7. The Morgan fingerprint density at radius 3 is 2.56 bits per heavy atom. The number of benzene rings is 1. The Kier molecular flexibility index (Phi) is 3.14. The normalized spacial score (nSPS) is 11.1. The highest BCUT2D eigenvalue weighted by molar-refractivity contribution is 7.89. The quantitative estimate of drug-likeness (QED) is 0.867. The predicted molar refractivity (Wildman–Crippen MR) is 63.9 cm³/mol. The molecule has 1 heterocycles. The van der Waals surface area contributed by atoms with Crippen LogP contribution in [0.2, 0.25) is 0 Å². The van der Waals surface area contributed by atoms with Gasteiger partial charge in [-0.05, 0) is 17.7 Å². The van der Waals surface area contributed by atoms with Crippen molar-refractivity contribution in [2.24, 2.45) is 5.14 Å². The lowest BCUT2D eigenvalue weighted by molar-refractivity contribution is 0.582. The number of hydrogen-bond donors (Lipinski definition) is 1. The second kappa shape index (κ2) is 4.60. The van der Waals surface area contributed by atoms with Crippen LogP contribution in [0.15, 0.2) is 41.8 Å². The Morgan fingerprint density at radius 1 is 1.33 bits per heavy atom. The number of nitrogens with two attached hydrogens (primary N) is 1. The lowest BCUT2D eigenvalue weighted by Gasteiger charge is -2.06. The van der Waals surface area contributed by atoms with Crippen LogP contribution in [-0.2, 0) is 16.6 Å². The molecular weight excluding hydrogens is 252 g/mol. The van der Waals surface area contributed by atoms with Crippen LogP contribution in [0.25, 0.3) is 0 Å². The first kappa shape index (κ1) is 12.3. The third kappa shape index (κ3) is 2.56. The van der Waals surface area contributed by atoms with Crippen LogP contribution in [0, 0.1) is 11.3 Å². The van der Waals surface area contributed by atoms with Crippen molar-refractivity contribution in [3.63, 3.8) is 0 Å². The van der Waals surface area contributed by atoms with Gasteiger partial charge in [-0.15, -0.1) is 0 Å². The lowest BCUT2D eigenvalue weighted by atomic mass is 10.1. The third-order valence-electron chi connectivity index (χ3n) is 2.40. The van der Waals surface area contributed by atoms with Crippen LogP contribution < -0.4 is 5.14 Å². The van der Waals surface area contributed by atoms with Gasteiger partial charge in [0.25, 0.3) is 10.0 Å². The van der Waals surface area contributed by atoms with E-state index >= 15 is 0 Å². The number of nitrogens with zero attached hydrogens (tertiary/aromatic N) is 3. The molecule has 0 atom stereocenters. The van der Waals surface area contributed by atoms with Gasteiger partial charge in [-0.1, -0.05) is 12.1 Å². The molecule has 0 fully saturated rings. The molecule has 2 aromatic rings. The van der Waals surface area contributed by atoms with E-state index in [1.165, 1.54) is 17.1 Å². The topological polar surface area (TPSA) is 102 Å². The number of hydrogen-bond acceptors (Lipinski definition) is 4. The molecule has 1 aromatic heterocycles. The fourth-order valence-corrected chi connectivity index (χ4v) is 2.19. The SMILES string of the molecule is N#Cc1ccc(Cn2cncc2S(N)(=O)=O)cc1. The number of rotatable bonds is 3. The fraction of sp³-hybridized carbons (Fsp3) is 0.0909. The van der Waals surface area contributed by atoms with Gasteiger partial charge in [0.15, 0.2) is 5.03 Å². The average Bonchev–Trinajstić information content (AvgIpc) is 2.78. The highest BCUT2D eigenvalue weighted by Crippen LogP contribution is 2.10. The van der Waals surface area contributed by atoms with Gasteiger partial charge in [-0.25, -0.2) is 18.5 Å². The molecule has 0 saturated carbocycles. The largest absolute Gasteiger partial charge is 0.316 e. The molecule has 2 N–H and O–H groups in total. The molecule has 92 valence electrons. The summed E-state index contributed by atoms with van der Waals surface area (Å²) in [4.78, 5) is 3.77. The molecule has 6 nitrogen and oxygen atoms in total. The Labute approximate surface area is 104 Å². The highest BCUT2D eigenvalue weighted by atomic mass is 32.2. The van der Waals surface area contributed by atoms with Crippen LogP contribution in [0.3, 0.4) is 0 Å². The van der Waals surface area contributed by atoms with Crippen molar-refractivity contribution in [1.29, 1.82) is 5.26 Å². The minimum atomic E-state index is -3.77. The summed E-state index contributed by atoms with van der Waals surface area (Å²) >= 11 is 0. The molecule has 0 aliphatic carbocycles. The Hall–Kier alpha value is -2.17. The van der Waals surface area contributed by atoms with Crippen LogP contribution in [-0.4, -0.2) is 18.0 Å². The van der Waals surface area contributed by atoms with Gasteiger partial charge in [0, 0.05) is 6.54 Å². The van der Waals surface area contributed by atoms with Crippen molar-refractivity contribution in [1.82, 2.24) is 9.55 Å². The molecule has 0 saturated heterocycles. The second-order valence-corrected chi connectivity index (χ2v) is 5.22. The molecule has 0 aliphatic rings. The first-order valence-electron chi connectivity index (χ1n) is 5.02. The number of sulfonamides is 1. The van der Waals surface area contributed by atoms with E-state index in [1.54, 1.807) is 24.3 Å². The molecular formula is C11H10N4O2S. The summed E-state index contributed by atoms with van der Waals surface area (Å²) < 4.78 is 24.0. The molecule has 0 amide bonds. The third-order valence-corrected chi connectivity index (χ3v) is 3.32. The molecule has 18 heavy (non-hydrogen) atoms. The molecule has 0 radical (unpaired) electrons. The minimum Gasteiger partial charge on any atom is -0.316 e. The van der Waals surface area contributed by atoms with Crippen molar-refractivity contribution >= 4 is 10.0 Å². The van der Waals surface area contributed by atoms with E-state index in [2.05, 4.69) is 4.98 Å². The summed E-state index contributed by atoms with van der Waals surface area (Å²) in [6.45, 7) is 0.331. The standard InChI is InChI=1S/C11H10N4O2S/c12-5-9-1-3-10(4-2-9)7-15-8-14-6-11(15)18(13,16)17/h1-4,6,8H,7H2,(H2,13,16,17). The Morgan fingerprint density at radius 2 is 2.00 bits per heavy atom. The second-order valence-electron chi connectivity index (χ2n) is 3.71. The zero-order chi connectivity index (χ0) is 13.2. The molecule has 7 heteroatoms. The summed E-state index contributed by atoms with van der Waals surface area (Å²) in [7, 11) is -3.77. The van der Waals surface area contributed by atoms with E-state index in [4.69, 9.17) is 10.4 Å². The van der Waals surface area contributed by atoms with Gasteiger partial charge in [-0.3, -0.25) is 0 Å². The molecule has 1 aromatic carbocycles. The molecule has 0 unspecified atom stereocenters. The van der Waals surface area contributed by atoms with E-state index in [9.17, 15) is 8.42 Å². The number of nitriles is 1. The lowest BCUT2D eigenvalue weighted by Crippen LogP contribution is -2.17. The highest BCUT2D eigenvalue weighted by Gasteiger charge is 2.14. The van der Waals surface area contributed by atoms with Gasteiger partial charge < -0.3 is 4.57 Å². The van der Waals surface area contributed by atoms with E-state index < -0.39 is 10.0 Å². The average molecular weight is 262 g/mol. The van der Waals surface area contributed by atoms with E-state index in [1.807, 2.05) is 6.07 Å². The van der Waals surface area contributed by atoms with E-state index in [0.717, 1.165) is 5.56 Å². The van der Waals surface area contributed by atoms with Crippen LogP contribution in [0.1, 0.15) is 11.1 Å². The van der Waals surface area contributed by atoms with Crippen LogP contribution in [0.5, 0.6) is 0 Å². The van der Waals surface area contributed by atoms with Gasteiger partial charge in [0.1, 0.15) is 0 Å². The van der Waals surface area contributed by atoms with Gasteiger partial charge in [0.2, 0.25) is 0 Å². The Balaban J connectivity index is 2.30. The number of aromatic nitrogens is 2. The zero-order valence-corrected chi connectivity index (χ0v) is 10.1. The zero-order valence-electron chi connectivity index (χ0n) is 9.31. The van der Waals surface area contributed by atoms with E-state index in [0.29, 0.717) is 12.1 Å². The first-order chi connectivity index (χ1) is 8.50. The smallest absolute Gasteiger partial charge is 0.255 e. The van der Waals surface area contributed by atoms with Crippen molar-refractivity contribution < 1.29 is 8.42 Å². The maximum Gasteiger partial charge on any atom is 0.255 e. The van der Waals surface area contributed by atoms with E-state index in [-0.39, 0.29) is 5.03 Å². The van der Waals surface area contributed by atoms with Crippen molar-refractivity contribution in [2.75, 3.05) is 0 Å². The van der Waals surface area contributed by atoms with Gasteiger partial charge in [-0.2, -0.15) is 5.26 Å². The van der Waals surface area contributed by atoms with Crippen molar-refractivity contribution in [3.8, 4) is 6.07 Å².